The summed E-state index contributed by atoms with van der Waals surface area (Å²) in [5.74, 6) is -2.15. The van der Waals surface area contributed by atoms with Crippen LogP contribution in [0, 0.1) is 0 Å². The summed E-state index contributed by atoms with van der Waals surface area (Å²) in [6, 6.07) is -1.10. The molecule has 0 aliphatic heterocycles. The Kier molecular flexibility index (Phi) is 10.4. The Bertz CT molecular complexity index is 317. The van der Waals surface area contributed by atoms with Gasteiger partial charge in [0, 0.05) is 6.42 Å². The van der Waals surface area contributed by atoms with Crippen molar-refractivity contribution in [3.63, 3.8) is 0 Å². The third-order valence-corrected chi connectivity index (χ3v) is 2.79. The minimum absolute atomic E-state index is 0.155. The van der Waals surface area contributed by atoms with Gasteiger partial charge in [-0.25, -0.2) is 4.79 Å². The largest absolute Gasteiger partial charge is 0.481 e. The summed E-state index contributed by atoms with van der Waals surface area (Å²) in [5.41, 5.74) is 0. The van der Waals surface area contributed by atoms with E-state index in [0.29, 0.717) is 6.42 Å². The van der Waals surface area contributed by atoms with Crippen molar-refractivity contribution in [1.82, 2.24) is 5.32 Å². The molecule has 0 saturated heterocycles. The maximum atomic E-state index is 11.7. The molecule has 6 heteroatoms. The van der Waals surface area contributed by atoms with Gasteiger partial charge < -0.3 is 15.2 Å². The van der Waals surface area contributed by atoms with E-state index in [2.05, 4.69) is 12.2 Å². The van der Waals surface area contributed by atoms with Crippen LogP contribution >= 0.6 is 0 Å². The predicted molar refractivity (Wildman–Crippen MR) is 74.2 cm³/mol. The van der Waals surface area contributed by atoms with Crippen LogP contribution in [0.15, 0.2) is 0 Å². The Morgan fingerprint density at radius 3 is 2.30 bits per heavy atom. The summed E-state index contributed by atoms with van der Waals surface area (Å²) in [7, 11) is 0. The van der Waals surface area contributed by atoms with E-state index in [1.807, 2.05) is 0 Å². The fraction of sp³-hybridized carbons (Fsp3) is 0.786. The fourth-order valence-corrected chi connectivity index (χ4v) is 1.77. The first-order chi connectivity index (χ1) is 9.51. The number of ether oxygens (including phenoxy) is 1. The van der Waals surface area contributed by atoms with Gasteiger partial charge in [0.1, 0.15) is 6.04 Å². The fourth-order valence-electron chi connectivity index (χ4n) is 1.77. The van der Waals surface area contributed by atoms with Crippen LogP contribution in [-0.2, 0) is 19.1 Å². The number of hydrogen-bond acceptors (Lipinski definition) is 4. The Morgan fingerprint density at radius 2 is 1.75 bits per heavy atom. The van der Waals surface area contributed by atoms with Crippen molar-refractivity contribution in [2.45, 2.75) is 64.8 Å². The molecule has 0 radical (unpaired) electrons. The van der Waals surface area contributed by atoms with Crippen LogP contribution in [0.3, 0.4) is 0 Å². The molecule has 6 nitrogen and oxygen atoms in total. The molecule has 0 aromatic carbocycles. The summed E-state index contributed by atoms with van der Waals surface area (Å²) in [6.45, 7) is 3.90. The number of carboxylic acids is 1. The Hall–Kier alpha value is -1.59. The van der Waals surface area contributed by atoms with E-state index >= 15 is 0 Å². The van der Waals surface area contributed by atoms with Crippen LogP contribution in [0.2, 0.25) is 0 Å². The molecule has 0 aromatic heterocycles. The van der Waals surface area contributed by atoms with Gasteiger partial charge in [0.05, 0.1) is 13.0 Å². The molecular weight excluding hydrogens is 262 g/mol. The Morgan fingerprint density at radius 1 is 1.10 bits per heavy atom. The second-order valence-corrected chi connectivity index (χ2v) is 4.63. The third kappa shape index (κ3) is 9.35. The SMILES string of the molecule is CCCCCCCC(=O)N[C@@H](CC(=O)O)C(=O)OCC. The molecule has 0 bridgehead atoms. The summed E-state index contributed by atoms with van der Waals surface area (Å²) in [4.78, 5) is 33.9. The number of carboxylic acid groups (broad SMARTS) is 1. The van der Waals surface area contributed by atoms with Gasteiger partial charge in [-0.15, -0.1) is 0 Å². The lowest BCUT2D eigenvalue weighted by atomic mass is 10.1. The Labute approximate surface area is 119 Å². The molecule has 0 rings (SSSR count). The zero-order valence-corrected chi connectivity index (χ0v) is 12.3. The van der Waals surface area contributed by atoms with Crippen molar-refractivity contribution < 1.29 is 24.2 Å². The number of carbonyl (C=O) groups is 3. The zero-order chi connectivity index (χ0) is 15.4. The van der Waals surface area contributed by atoms with Crippen molar-refractivity contribution >= 4 is 17.8 Å². The molecular formula is C14H25NO5. The molecule has 0 aliphatic rings. The summed E-state index contributed by atoms with van der Waals surface area (Å²) in [5, 5.41) is 11.2. The lowest BCUT2D eigenvalue weighted by molar-refractivity contribution is -0.151. The minimum Gasteiger partial charge on any atom is -0.481 e. The van der Waals surface area contributed by atoms with E-state index in [1.165, 1.54) is 0 Å². The second kappa shape index (κ2) is 11.3. The van der Waals surface area contributed by atoms with Gasteiger partial charge in [-0.3, -0.25) is 9.59 Å². The first-order valence-corrected chi connectivity index (χ1v) is 7.19. The van der Waals surface area contributed by atoms with E-state index in [1.54, 1.807) is 6.92 Å². The molecule has 1 amide bonds. The van der Waals surface area contributed by atoms with Crippen LogP contribution in [0.1, 0.15) is 58.8 Å². The quantitative estimate of drug-likeness (QED) is 0.447. The molecule has 0 saturated carbocycles. The number of carbonyl (C=O) groups excluding carboxylic acids is 2. The van der Waals surface area contributed by atoms with Gasteiger partial charge in [0.15, 0.2) is 0 Å². The molecule has 0 aromatic rings. The van der Waals surface area contributed by atoms with Gasteiger partial charge >= 0.3 is 11.9 Å². The maximum absolute atomic E-state index is 11.7. The number of hydrogen-bond donors (Lipinski definition) is 2. The second-order valence-electron chi connectivity index (χ2n) is 4.63. The van der Waals surface area contributed by atoms with Crippen LogP contribution < -0.4 is 5.32 Å². The van der Waals surface area contributed by atoms with Gasteiger partial charge in [-0.05, 0) is 13.3 Å². The van der Waals surface area contributed by atoms with Crippen LogP contribution in [0.5, 0.6) is 0 Å². The number of nitrogens with one attached hydrogen (secondary N) is 1. The highest BCUT2D eigenvalue weighted by Crippen LogP contribution is 2.05. The highest BCUT2D eigenvalue weighted by Gasteiger charge is 2.24. The van der Waals surface area contributed by atoms with E-state index in [-0.39, 0.29) is 12.5 Å². The first kappa shape index (κ1) is 18.4. The van der Waals surface area contributed by atoms with Crippen LogP contribution in [0.4, 0.5) is 0 Å². The van der Waals surface area contributed by atoms with Crippen molar-refractivity contribution in [2.75, 3.05) is 6.61 Å². The van der Waals surface area contributed by atoms with Crippen molar-refractivity contribution in [3.05, 3.63) is 0 Å². The molecule has 0 spiro atoms. The maximum Gasteiger partial charge on any atom is 0.329 e. The number of rotatable bonds is 11. The molecule has 2 N–H and O–H groups in total. The van der Waals surface area contributed by atoms with Gasteiger partial charge in [-0.1, -0.05) is 32.6 Å². The Balaban J connectivity index is 4.11. The smallest absolute Gasteiger partial charge is 0.329 e. The average Bonchev–Trinajstić information content (AvgIpc) is 2.37. The summed E-state index contributed by atoms with van der Waals surface area (Å²) >= 11 is 0. The number of unbranched alkanes of at least 4 members (excludes halogenated alkanes) is 4. The first-order valence-electron chi connectivity index (χ1n) is 7.19. The lowest BCUT2D eigenvalue weighted by Crippen LogP contribution is -2.43. The highest BCUT2D eigenvalue weighted by atomic mass is 16.5. The molecule has 0 fully saturated rings. The standard InChI is InChI=1S/C14H25NO5/c1-3-5-6-7-8-9-12(16)15-11(10-13(17)18)14(19)20-4-2/h11H,3-10H2,1-2H3,(H,15,16)(H,17,18)/t11-/m0/s1. The molecule has 116 valence electrons. The zero-order valence-electron chi connectivity index (χ0n) is 12.3. The van der Waals surface area contributed by atoms with Crippen molar-refractivity contribution in [3.8, 4) is 0 Å². The van der Waals surface area contributed by atoms with E-state index < -0.39 is 24.4 Å². The van der Waals surface area contributed by atoms with E-state index in [4.69, 9.17) is 9.84 Å². The predicted octanol–water partition coefficient (Wildman–Crippen LogP) is 1.87. The molecule has 0 unspecified atom stereocenters. The number of amides is 1. The summed E-state index contributed by atoms with van der Waals surface area (Å²) in [6.07, 6.45) is 4.92. The van der Waals surface area contributed by atoms with Crippen molar-refractivity contribution in [2.24, 2.45) is 0 Å². The van der Waals surface area contributed by atoms with Crippen LogP contribution in [-0.4, -0.2) is 35.6 Å². The summed E-state index contributed by atoms with van der Waals surface area (Å²) < 4.78 is 4.75. The van der Waals surface area contributed by atoms with Gasteiger partial charge in [-0.2, -0.15) is 0 Å². The third-order valence-electron chi connectivity index (χ3n) is 2.79. The molecule has 0 aliphatic carbocycles. The average molecular weight is 287 g/mol. The lowest BCUT2D eigenvalue weighted by Gasteiger charge is -2.15. The van der Waals surface area contributed by atoms with E-state index in [9.17, 15) is 14.4 Å². The van der Waals surface area contributed by atoms with Gasteiger partial charge in [0.2, 0.25) is 5.91 Å². The normalized spacial score (nSPS) is 11.7. The minimum atomic E-state index is -1.15. The topological polar surface area (TPSA) is 92.7 Å². The number of esters is 1. The van der Waals surface area contributed by atoms with Gasteiger partial charge in [0.25, 0.3) is 0 Å². The monoisotopic (exact) mass is 287 g/mol. The molecule has 20 heavy (non-hydrogen) atoms. The van der Waals surface area contributed by atoms with Crippen molar-refractivity contribution in [1.29, 1.82) is 0 Å². The van der Waals surface area contributed by atoms with Crippen LogP contribution in [0.25, 0.3) is 0 Å². The molecule has 0 heterocycles. The number of aliphatic carboxylic acids is 1. The highest BCUT2D eigenvalue weighted by molar-refractivity contribution is 5.87. The molecule has 1 atom stereocenters. The van der Waals surface area contributed by atoms with E-state index in [0.717, 1.165) is 32.1 Å².